The van der Waals surface area contributed by atoms with Gasteiger partial charge in [-0.1, -0.05) is 13.8 Å². The maximum Gasteiger partial charge on any atom is 0.309 e. The van der Waals surface area contributed by atoms with Crippen molar-refractivity contribution in [1.29, 1.82) is 0 Å². The largest absolute Gasteiger partial charge is 0.481 e. The average Bonchev–Trinajstić information content (AvgIpc) is 2.35. The van der Waals surface area contributed by atoms with Crippen molar-refractivity contribution in [2.75, 3.05) is 0 Å². The maximum atomic E-state index is 10.6. The number of carboxylic acids is 2. The minimum absolute atomic E-state index is 0.395. The van der Waals surface area contributed by atoms with Crippen LogP contribution in [0.4, 0.5) is 0 Å². The highest BCUT2D eigenvalue weighted by Crippen LogP contribution is 2.50. The number of rotatable bonds is 4. The summed E-state index contributed by atoms with van der Waals surface area (Å²) in [7, 11) is 0. The molecular weight excluding hydrogens is 288 g/mol. The molecule has 0 spiro atoms. The van der Waals surface area contributed by atoms with Crippen LogP contribution >= 0.6 is 0 Å². The van der Waals surface area contributed by atoms with E-state index in [0.717, 1.165) is 0 Å². The van der Waals surface area contributed by atoms with Crippen molar-refractivity contribution in [1.82, 2.24) is 0 Å². The van der Waals surface area contributed by atoms with Crippen LogP contribution in [0.1, 0.15) is 66.2 Å². The second-order valence-electron chi connectivity index (χ2n) is 7.59. The van der Waals surface area contributed by atoms with Crippen LogP contribution in [-0.2, 0) is 9.59 Å². The fourth-order valence-electron chi connectivity index (χ4n) is 3.60. The summed E-state index contributed by atoms with van der Waals surface area (Å²) in [5.41, 5.74) is -2.75. The highest BCUT2D eigenvalue weighted by molar-refractivity contribution is 5.76. The zero-order chi connectivity index (χ0) is 17.4. The smallest absolute Gasteiger partial charge is 0.309 e. The molecule has 0 aromatic carbocycles. The standard InChI is InChI=1S/2C8H14O3/c2*1-3-8(11)4-7(2,5-8)6(9)10/h2*11H,3-5H2,1-2H3,(H,9,10). The molecule has 0 aliphatic heterocycles. The Balaban J connectivity index is 0.000000220. The third-order valence-corrected chi connectivity index (χ3v) is 5.23. The minimum Gasteiger partial charge on any atom is -0.481 e. The van der Waals surface area contributed by atoms with Crippen molar-refractivity contribution in [2.24, 2.45) is 10.8 Å². The zero-order valence-electron chi connectivity index (χ0n) is 13.8. The van der Waals surface area contributed by atoms with Gasteiger partial charge in [-0.2, -0.15) is 0 Å². The first kappa shape index (κ1) is 18.9. The Kier molecular flexibility index (Phi) is 5.00. The average molecular weight is 316 g/mol. The second-order valence-corrected chi connectivity index (χ2v) is 7.59. The van der Waals surface area contributed by atoms with Crippen molar-refractivity contribution in [2.45, 2.75) is 77.4 Å². The molecule has 0 bridgehead atoms. The highest BCUT2D eigenvalue weighted by Gasteiger charge is 2.55. The van der Waals surface area contributed by atoms with E-state index in [2.05, 4.69) is 0 Å². The van der Waals surface area contributed by atoms with Crippen LogP contribution < -0.4 is 0 Å². The van der Waals surface area contributed by atoms with Gasteiger partial charge in [0.1, 0.15) is 0 Å². The summed E-state index contributed by atoms with van der Waals surface area (Å²) in [4.78, 5) is 21.2. The Hall–Kier alpha value is -1.14. The van der Waals surface area contributed by atoms with E-state index < -0.39 is 34.0 Å². The predicted molar refractivity (Wildman–Crippen MR) is 80.4 cm³/mol. The molecule has 0 heterocycles. The Morgan fingerprint density at radius 3 is 1.14 bits per heavy atom. The molecule has 0 amide bonds. The Morgan fingerprint density at radius 2 is 1.00 bits per heavy atom. The van der Waals surface area contributed by atoms with Gasteiger partial charge in [-0.15, -0.1) is 0 Å². The summed E-state index contributed by atoms with van der Waals surface area (Å²) in [6.45, 7) is 7.11. The van der Waals surface area contributed by atoms with E-state index in [1.165, 1.54) is 0 Å². The van der Waals surface area contributed by atoms with Crippen LogP contribution in [0, 0.1) is 10.8 Å². The topological polar surface area (TPSA) is 115 Å². The lowest BCUT2D eigenvalue weighted by molar-refractivity contribution is -0.177. The van der Waals surface area contributed by atoms with E-state index in [0.29, 0.717) is 38.5 Å². The lowest BCUT2D eigenvalue weighted by Gasteiger charge is -2.48. The van der Waals surface area contributed by atoms with Crippen LogP contribution in [-0.4, -0.2) is 43.6 Å². The third-order valence-electron chi connectivity index (χ3n) is 5.23. The van der Waals surface area contributed by atoms with Crippen molar-refractivity contribution in [3.63, 3.8) is 0 Å². The van der Waals surface area contributed by atoms with E-state index in [1.807, 2.05) is 13.8 Å². The highest BCUT2D eigenvalue weighted by atomic mass is 16.4. The molecule has 2 rings (SSSR count). The molecule has 4 N–H and O–H groups in total. The molecule has 2 aliphatic rings. The molecule has 0 aromatic rings. The number of aliphatic carboxylic acids is 2. The van der Waals surface area contributed by atoms with Crippen molar-refractivity contribution in [3.8, 4) is 0 Å². The van der Waals surface area contributed by atoms with Gasteiger partial charge in [-0.3, -0.25) is 9.59 Å². The quantitative estimate of drug-likeness (QED) is 0.631. The van der Waals surface area contributed by atoms with E-state index in [-0.39, 0.29) is 0 Å². The molecule has 0 aromatic heterocycles. The summed E-state index contributed by atoms with van der Waals surface area (Å²) < 4.78 is 0. The van der Waals surface area contributed by atoms with Gasteiger partial charge in [0.25, 0.3) is 0 Å². The first-order chi connectivity index (χ1) is 9.84. The number of aliphatic hydroxyl groups is 2. The van der Waals surface area contributed by atoms with Gasteiger partial charge in [0.15, 0.2) is 0 Å². The number of hydrogen-bond acceptors (Lipinski definition) is 4. The van der Waals surface area contributed by atoms with E-state index in [4.69, 9.17) is 10.2 Å². The minimum atomic E-state index is -0.796. The van der Waals surface area contributed by atoms with E-state index >= 15 is 0 Å². The van der Waals surface area contributed by atoms with Gasteiger partial charge in [-0.05, 0) is 52.4 Å². The molecule has 0 radical (unpaired) electrons. The van der Waals surface area contributed by atoms with Gasteiger partial charge in [0, 0.05) is 0 Å². The monoisotopic (exact) mass is 316 g/mol. The Morgan fingerprint density at radius 1 is 0.773 bits per heavy atom. The molecule has 6 nitrogen and oxygen atoms in total. The van der Waals surface area contributed by atoms with Gasteiger partial charge in [0.05, 0.1) is 22.0 Å². The fraction of sp³-hybridized carbons (Fsp3) is 0.875. The van der Waals surface area contributed by atoms with Crippen molar-refractivity contribution in [3.05, 3.63) is 0 Å². The van der Waals surface area contributed by atoms with E-state index in [1.54, 1.807) is 13.8 Å². The molecule has 2 saturated carbocycles. The molecule has 128 valence electrons. The molecule has 0 atom stereocenters. The summed E-state index contributed by atoms with van der Waals surface area (Å²) in [6, 6.07) is 0. The first-order valence-electron chi connectivity index (χ1n) is 7.75. The molecule has 22 heavy (non-hydrogen) atoms. The lowest BCUT2D eigenvalue weighted by Crippen LogP contribution is -2.53. The van der Waals surface area contributed by atoms with Crippen molar-refractivity contribution < 1.29 is 30.0 Å². The third kappa shape index (κ3) is 3.60. The number of carbonyl (C=O) groups is 2. The number of carboxylic acid groups (broad SMARTS) is 2. The van der Waals surface area contributed by atoms with Gasteiger partial charge >= 0.3 is 11.9 Å². The van der Waals surface area contributed by atoms with Crippen LogP contribution in [0.25, 0.3) is 0 Å². The molecule has 2 aliphatic carbocycles. The summed E-state index contributed by atoms with van der Waals surface area (Å²) in [5, 5.41) is 36.5. The summed E-state index contributed by atoms with van der Waals surface area (Å²) >= 11 is 0. The molecule has 6 heteroatoms. The van der Waals surface area contributed by atoms with Crippen molar-refractivity contribution >= 4 is 11.9 Å². The molecule has 0 unspecified atom stereocenters. The Bertz CT molecular complexity index is 402. The molecule has 0 saturated heterocycles. The van der Waals surface area contributed by atoms with Crippen LogP contribution in [0.2, 0.25) is 0 Å². The van der Waals surface area contributed by atoms with Crippen LogP contribution in [0.3, 0.4) is 0 Å². The summed E-state index contributed by atoms with van der Waals surface area (Å²) in [5.74, 6) is -1.59. The van der Waals surface area contributed by atoms with Crippen LogP contribution in [0.15, 0.2) is 0 Å². The second kappa shape index (κ2) is 5.81. The fourth-order valence-corrected chi connectivity index (χ4v) is 3.60. The van der Waals surface area contributed by atoms with E-state index in [9.17, 15) is 19.8 Å². The number of hydrogen-bond donors (Lipinski definition) is 4. The predicted octanol–water partition coefficient (Wildman–Crippen LogP) is 2.02. The first-order valence-corrected chi connectivity index (χ1v) is 7.75. The maximum absolute atomic E-state index is 10.6. The molecule has 2 fully saturated rings. The normalized spacial score (nSPS) is 43.2. The molecular formula is C16H28O6. The van der Waals surface area contributed by atoms with Crippen LogP contribution in [0.5, 0.6) is 0 Å². The van der Waals surface area contributed by atoms with Gasteiger partial charge in [0.2, 0.25) is 0 Å². The zero-order valence-corrected chi connectivity index (χ0v) is 13.8. The summed E-state index contributed by atoms with van der Waals surface area (Å²) in [6.07, 6.45) is 2.88. The van der Waals surface area contributed by atoms with Gasteiger partial charge < -0.3 is 20.4 Å². The van der Waals surface area contributed by atoms with Gasteiger partial charge in [-0.25, -0.2) is 0 Å². The SMILES string of the molecule is CCC1(O)CC(C)(C(=O)O)C1.CCC1(O)CC(C)(C(=O)O)C1. The Labute approximate surface area is 131 Å². The lowest BCUT2D eigenvalue weighted by atomic mass is 9.59.